The fourth-order valence-electron chi connectivity index (χ4n) is 0.602. The molecule has 0 fully saturated rings. The summed E-state index contributed by atoms with van der Waals surface area (Å²) in [5.74, 6) is 0.207. The molecule has 0 aliphatic rings. The summed E-state index contributed by atoms with van der Waals surface area (Å²) in [7, 11) is 0. The standard InChI is InChI=1S/C6H3Cl2N3/c7-4-1-5(10)11-6(8)3(4)2-9/h1H,(H2,10,11). The number of halogens is 2. The Hall–Kier alpha value is -0.980. The highest BCUT2D eigenvalue weighted by Gasteiger charge is 2.06. The molecular formula is C6H3Cl2N3. The van der Waals surface area contributed by atoms with Gasteiger partial charge in [0.05, 0.1) is 5.02 Å². The minimum Gasteiger partial charge on any atom is -0.384 e. The van der Waals surface area contributed by atoms with E-state index in [2.05, 4.69) is 4.98 Å². The molecule has 1 aromatic rings. The molecule has 0 aromatic carbocycles. The number of pyridine rings is 1. The van der Waals surface area contributed by atoms with Crippen LogP contribution in [0.1, 0.15) is 5.56 Å². The van der Waals surface area contributed by atoms with Gasteiger partial charge in [-0.05, 0) is 0 Å². The highest BCUT2D eigenvalue weighted by atomic mass is 35.5. The third-order valence-corrected chi connectivity index (χ3v) is 1.63. The Kier molecular flexibility index (Phi) is 2.18. The molecule has 1 aromatic heterocycles. The first-order valence-electron chi connectivity index (χ1n) is 2.66. The molecule has 0 saturated heterocycles. The lowest BCUT2D eigenvalue weighted by Gasteiger charge is -1.97. The predicted molar refractivity (Wildman–Crippen MR) is 43.4 cm³/mol. The second-order valence-electron chi connectivity index (χ2n) is 1.81. The summed E-state index contributed by atoms with van der Waals surface area (Å²) in [5.41, 5.74) is 5.45. The molecule has 0 amide bonds. The Balaban J connectivity index is 3.40. The molecule has 0 spiro atoms. The maximum absolute atomic E-state index is 8.49. The normalized spacial score (nSPS) is 9.18. The van der Waals surface area contributed by atoms with Gasteiger partial charge in [-0.25, -0.2) is 4.98 Å². The van der Waals surface area contributed by atoms with E-state index in [9.17, 15) is 0 Å². The second kappa shape index (κ2) is 2.95. The fraction of sp³-hybridized carbons (Fsp3) is 0. The van der Waals surface area contributed by atoms with Crippen molar-refractivity contribution in [3.63, 3.8) is 0 Å². The van der Waals surface area contributed by atoms with E-state index in [4.69, 9.17) is 34.2 Å². The highest BCUT2D eigenvalue weighted by molar-refractivity contribution is 6.36. The van der Waals surface area contributed by atoms with E-state index < -0.39 is 0 Å². The van der Waals surface area contributed by atoms with Crippen LogP contribution in [0.3, 0.4) is 0 Å². The van der Waals surface area contributed by atoms with Crippen molar-refractivity contribution >= 4 is 29.0 Å². The Bertz CT molecular complexity index is 306. The number of nitrogens with zero attached hydrogens (tertiary/aromatic N) is 2. The van der Waals surface area contributed by atoms with Crippen molar-refractivity contribution < 1.29 is 0 Å². The van der Waals surface area contributed by atoms with Gasteiger partial charge in [0, 0.05) is 6.07 Å². The molecule has 3 nitrogen and oxygen atoms in total. The first-order chi connectivity index (χ1) is 5.15. The molecular weight excluding hydrogens is 185 g/mol. The largest absolute Gasteiger partial charge is 0.384 e. The molecule has 0 unspecified atom stereocenters. The fourth-order valence-corrected chi connectivity index (χ4v) is 1.14. The smallest absolute Gasteiger partial charge is 0.150 e. The Morgan fingerprint density at radius 1 is 1.55 bits per heavy atom. The van der Waals surface area contributed by atoms with Crippen molar-refractivity contribution in [2.24, 2.45) is 0 Å². The highest BCUT2D eigenvalue weighted by Crippen LogP contribution is 2.23. The molecule has 1 rings (SSSR count). The van der Waals surface area contributed by atoms with Crippen LogP contribution in [0, 0.1) is 11.3 Å². The summed E-state index contributed by atoms with van der Waals surface area (Å²) in [6.45, 7) is 0. The third kappa shape index (κ3) is 1.53. The number of hydrogen-bond donors (Lipinski definition) is 1. The van der Waals surface area contributed by atoms with Gasteiger partial charge in [0.15, 0.2) is 5.15 Å². The molecule has 0 radical (unpaired) electrons. The Morgan fingerprint density at radius 2 is 2.18 bits per heavy atom. The van der Waals surface area contributed by atoms with Crippen LogP contribution in [0.2, 0.25) is 10.2 Å². The lowest BCUT2D eigenvalue weighted by molar-refractivity contribution is 1.31. The summed E-state index contributed by atoms with van der Waals surface area (Å²) in [6.07, 6.45) is 0. The number of anilines is 1. The number of aromatic nitrogens is 1. The molecule has 0 aliphatic heterocycles. The molecule has 1 heterocycles. The van der Waals surface area contributed by atoms with Crippen LogP contribution in [0.25, 0.3) is 0 Å². The average Bonchev–Trinajstić information content (AvgIpc) is 1.85. The van der Waals surface area contributed by atoms with Crippen molar-refractivity contribution in [1.29, 1.82) is 5.26 Å². The Morgan fingerprint density at radius 3 is 2.64 bits per heavy atom. The van der Waals surface area contributed by atoms with Crippen molar-refractivity contribution in [2.45, 2.75) is 0 Å². The van der Waals surface area contributed by atoms with Gasteiger partial charge in [-0.1, -0.05) is 23.2 Å². The van der Waals surface area contributed by atoms with Gasteiger partial charge in [0.1, 0.15) is 17.5 Å². The maximum Gasteiger partial charge on any atom is 0.150 e. The summed E-state index contributed by atoms with van der Waals surface area (Å²) in [5, 5.41) is 8.76. The number of nitriles is 1. The molecule has 2 N–H and O–H groups in total. The van der Waals surface area contributed by atoms with Crippen molar-refractivity contribution in [3.8, 4) is 6.07 Å². The van der Waals surface area contributed by atoms with E-state index in [0.717, 1.165) is 0 Å². The third-order valence-electron chi connectivity index (χ3n) is 1.06. The van der Waals surface area contributed by atoms with E-state index >= 15 is 0 Å². The van der Waals surface area contributed by atoms with Gasteiger partial charge < -0.3 is 5.73 Å². The van der Waals surface area contributed by atoms with E-state index in [1.165, 1.54) is 6.07 Å². The van der Waals surface area contributed by atoms with Crippen LogP contribution < -0.4 is 5.73 Å². The first-order valence-corrected chi connectivity index (χ1v) is 3.42. The van der Waals surface area contributed by atoms with Gasteiger partial charge in [-0.2, -0.15) is 5.26 Å². The van der Waals surface area contributed by atoms with Crippen molar-refractivity contribution in [3.05, 3.63) is 21.8 Å². The molecule has 56 valence electrons. The molecule has 5 heteroatoms. The van der Waals surface area contributed by atoms with Crippen molar-refractivity contribution in [1.82, 2.24) is 4.98 Å². The summed E-state index contributed by atoms with van der Waals surface area (Å²) >= 11 is 11.1. The molecule has 0 saturated carbocycles. The van der Waals surface area contributed by atoms with Crippen molar-refractivity contribution in [2.75, 3.05) is 5.73 Å². The molecule has 0 atom stereocenters. The summed E-state index contributed by atoms with van der Waals surface area (Å²) < 4.78 is 0. The van der Waals surface area contributed by atoms with Crippen LogP contribution in [0.5, 0.6) is 0 Å². The zero-order valence-electron chi connectivity index (χ0n) is 5.31. The minimum absolute atomic E-state index is 0.0394. The van der Waals surface area contributed by atoms with Crippen LogP contribution in [-0.4, -0.2) is 4.98 Å². The monoisotopic (exact) mass is 187 g/mol. The average molecular weight is 188 g/mol. The van der Waals surface area contributed by atoms with Gasteiger partial charge in [0.25, 0.3) is 0 Å². The number of nitrogens with two attached hydrogens (primary N) is 1. The van der Waals surface area contributed by atoms with Gasteiger partial charge in [0.2, 0.25) is 0 Å². The Labute approximate surface area is 73.4 Å². The van der Waals surface area contributed by atoms with E-state index in [-0.39, 0.29) is 21.6 Å². The zero-order valence-corrected chi connectivity index (χ0v) is 6.82. The van der Waals surface area contributed by atoms with E-state index in [1.54, 1.807) is 0 Å². The predicted octanol–water partition coefficient (Wildman–Crippen LogP) is 1.84. The summed E-state index contributed by atoms with van der Waals surface area (Å²) in [6, 6.07) is 3.19. The first kappa shape index (κ1) is 8.12. The topological polar surface area (TPSA) is 62.7 Å². The van der Waals surface area contributed by atoms with Gasteiger partial charge in [-0.15, -0.1) is 0 Å². The van der Waals surface area contributed by atoms with Gasteiger partial charge >= 0.3 is 0 Å². The lowest BCUT2D eigenvalue weighted by Crippen LogP contribution is -1.92. The zero-order chi connectivity index (χ0) is 8.43. The molecule has 0 bridgehead atoms. The molecule has 0 aliphatic carbocycles. The SMILES string of the molecule is N#Cc1c(Cl)cc(N)nc1Cl. The van der Waals surface area contributed by atoms with E-state index in [0.29, 0.717) is 0 Å². The molecule has 11 heavy (non-hydrogen) atoms. The van der Waals surface area contributed by atoms with Gasteiger partial charge in [-0.3, -0.25) is 0 Å². The number of rotatable bonds is 0. The quantitative estimate of drug-likeness (QED) is 0.631. The lowest BCUT2D eigenvalue weighted by atomic mass is 10.3. The van der Waals surface area contributed by atoms with Crippen LogP contribution >= 0.6 is 23.2 Å². The van der Waals surface area contributed by atoms with Crippen LogP contribution in [0.4, 0.5) is 5.82 Å². The maximum atomic E-state index is 8.49. The van der Waals surface area contributed by atoms with Crippen LogP contribution in [-0.2, 0) is 0 Å². The summed E-state index contributed by atoms with van der Waals surface area (Å²) in [4.78, 5) is 3.64. The second-order valence-corrected chi connectivity index (χ2v) is 2.57. The number of nitrogen functional groups attached to an aromatic ring is 1. The minimum atomic E-state index is 0.0394. The van der Waals surface area contributed by atoms with Crippen LogP contribution in [0.15, 0.2) is 6.07 Å². The van der Waals surface area contributed by atoms with E-state index in [1.807, 2.05) is 6.07 Å². The number of hydrogen-bond acceptors (Lipinski definition) is 3.